The van der Waals surface area contributed by atoms with E-state index in [-0.39, 0.29) is 5.91 Å². The molecule has 1 saturated heterocycles. The Morgan fingerprint density at radius 3 is 2.39 bits per heavy atom. The third kappa shape index (κ3) is 6.12. The normalized spacial score (nSPS) is 14.2. The van der Waals surface area contributed by atoms with E-state index in [0.717, 1.165) is 42.2 Å². The van der Waals surface area contributed by atoms with Crippen molar-refractivity contribution < 1.29 is 9.53 Å². The topological polar surface area (TPSA) is 41.6 Å². The lowest BCUT2D eigenvalue weighted by atomic mass is 10.1. The number of amides is 1. The van der Waals surface area contributed by atoms with Crippen LogP contribution < -0.4 is 10.1 Å². The van der Waals surface area contributed by atoms with Crippen LogP contribution in [-0.2, 0) is 13.2 Å². The molecule has 1 heterocycles. The van der Waals surface area contributed by atoms with Gasteiger partial charge in [-0.1, -0.05) is 42.5 Å². The van der Waals surface area contributed by atoms with Crippen LogP contribution in [0.4, 0.5) is 5.69 Å². The van der Waals surface area contributed by atoms with Crippen LogP contribution in [0, 0.1) is 6.92 Å². The van der Waals surface area contributed by atoms with Crippen LogP contribution in [0.15, 0.2) is 72.8 Å². The number of carbonyl (C=O) groups excluding carboxylic acids is 1. The van der Waals surface area contributed by atoms with Crippen LogP contribution in [-0.4, -0.2) is 35.4 Å². The maximum atomic E-state index is 12.7. The minimum Gasteiger partial charge on any atom is -0.489 e. The molecule has 0 bridgehead atoms. The molecule has 3 aromatic rings. The number of hydrogen-bond donors (Lipinski definition) is 1. The first-order chi connectivity index (χ1) is 15.2. The van der Waals surface area contributed by atoms with Gasteiger partial charge in [0.2, 0.25) is 0 Å². The van der Waals surface area contributed by atoms with E-state index in [2.05, 4.69) is 29.3 Å². The van der Waals surface area contributed by atoms with E-state index < -0.39 is 0 Å². The predicted molar refractivity (Wildman–Crippen MR) is 129 cm³/mol. The van der Waals surface area contributed by atoms with Gasteiger partial charge < -0.3 is 10.1 Å². The number of benzene rings is 3. The van der Waals surface area contributed by atoms with Crippen molar-refractivity contribution in [2.45, 2.75) is 20.1 Å². The van der Waals surface area contributed by atoms with Gasteiger partial charge in [0.15, 0.2) is 0 Å². The Morgan fingerprint density at radius 2 is 1.68 bits per heavy atom. The molecule has 1 aliphatic rings. The molecule has 4 rings (SSSR count). The standard InChI is InChI=1S/C26H28N2O2S/c1-20-17-22(18-28-13-15-31-16-14-28)9-12-25(20)27-26(29)23-10-7-21(8-11-23)19-30-24-5-3-2-4-6-24/h2-12,17H,13-16,18-19H2,1H3,(H,27,29). The molecule has 160 valence electrons. The number of hydrogen-bond acceptors (Lipinski definition) is 4. The van der Waals surface area contributed by atoms with Crippen LogP contribution in [0.3, 0.4) is 0 Å². The van der Waals surface area contributed by atoms with Crippen LogP contribution in [0.5, 0.6) is 5.75 Å². The number of thioether (sulfide) groups is 1. The van der Waals surface area contributed by atoms with E-state index >= 15 is 0 Å². The molecule has 0 radical (unpaired) electrons. The molecular formula is C26H28N2O2S. The van der Waals surface area contributed by atoms with Gasteiger partial charge in [0.1, 0.15) is 12.4 Å². The fraction of sp³-hybridized carbons (Fsp3) is 0.269. The summed E-state index contributed by atoms with van der Waals surface area (Å²) < 4.78 is 5.76. The molecule has 5 heteroatoms. The Labute approximate surface area is 188 Å². The number of ether oxygens (including phenoxy) is 1. The first-order valence-electron chi connectivity index (χ1n) is 10.7. The summed E-state index contributed by atoms with van der Waals surface area (Å²) in [4.78, 5) is 15.2. The molecule has 1 aliphatic heterocycles. The largest absolute Gasteiger partial charge is 0.489 e. The van der Waals surface area contributed by atoms with Gasteiger partial charge in [0, 0.05) is 42.4 Å². The first kappa shape index (κ1) is 21.5. The van der Waals surface area contributed by atoms with Crippen molar-refractivity contribution in [3.8, 4) is 5.75 Å². The predicted octanol–water partition coefficient (Wildman–Crippen LogP) is 5.38. The van der Waals surface area contributed by atoms with Crippen molar-refractivity contribution in [2.24, 2.45) is 0 Å². The lowest BCUT2D eigenvalue weighted by Crippen LogP contribution is -2.31. The van der Waals surface area contributed by atoms with Gasteiger partial charge in [-0.15, -0.1) is 0 Å². The second kappa shape index (κ2) is 10.5. The molecule has 1 fully saturated rings. The summed E-state index contributed by atoms with van der Waals surface area (Å²) in [5.74, 6) is 3.16. The molecule has 3 aromatic carbocycles. The molecule has 0 saturated carbocycles. The fourth-order valence-corrected chi connectivity index (χ4v) is 4.59. The van der Waals surface area contributed by atoms with Crippen molar-refractivity contribution in [1.82, 2.24) is 4.90 Å². The van der Waals surface area contributed by atoms with Crippen molar-refractivity contribution in [2.75, 3.05) is 29.9 Å². The van der Waals surface area contributed by atoms with Gasteiger partial charge in [-0.2, -0.15) is 11.8 Å². The summed E-state index contributed by atoms with van der Waals surface area (Å²) >= 11 is 2.03. The van der Waals surface area contributed by atoms with Crippen molar-refractivity contribution in [3.63, 3.8) is 0 Å². The van der Waals surface area contributed by atoms with Gasteiger partial charge in [0.25, 0.3) is 5.91 Å². The van der Waals surface area contributed by atoms with Crippen LogP contribution in [0.25, 0.3) is 0 Å². The zero-order valence-electron chi connectivity index (χ0n) is 17.8. The smallest absolute Gasteiger partial charge is 0.255 e. The molecule has 0 spiro atoms. The highest BCUT2D eigenvalue weighted by atomic mass is 32.2. The average molecular weight is 433 g/mol. The van der Waals surface area contributed by atoms with Crippen molar-refractivity contribution in [1.29, 1.82) is 0 Å². The average Bonchev–Trinajstić information content (AvgIpc) is 2.81. The van der Waals surface area contributed by atoms with Crippen molar-refractivity contribution in [3.05, 3.63) is 95.1 Å². The highest BCUT2D eigenvalue weighted by molar-refractivity contribution is 7.99. The summed E-state index contributed by atoms with van der Waals surface area (Å²) in [7, 11) is 0. The molecule has 1 amide bonds. The van der Waals surface area contributed by atoms with E-state index in [0.29, 0.717) is 12.2 Å². The van der Waals surface area contributed by atoms with E-state index in [1.165, 1.54) is 17.1 Å². The van der Waals surface area contributed by atoms with Crippen LogP contribution in [0.1, 0.15) is 27.0 Å². The van der Waals surface area contributed by atoms with Crippen molar-refractivity contribution >= 4 is 23.4 Å². The quantitative estimate of drug-likeness (QED) is 0.545. The lowest BCUT2D eigenvalue weighted by Gasteiger charge is -2.26. The first-order valence-corrected chi connectivity index (χ1v) is 11.8. The molecule has 0 aromatic heterocycles. The Bertz CT molecular complexity index is 1000. The Balaban J connectivity index is 1.33. The number of rotatable bonds is 7. The third-order valence-corrected chi connectivity index (χ3v) is 6.36. The monoisotopic (exact) mass is 432 g/mol. The Kier molecular flexibility index (Phi) is 7.28. The minimum absolute atomic E-state index is 0.0977. The number of anilines is 1. The molecule has 0 aliphatic carbocycles. The zero-order chi connectivity index (χ0) is 21.5. The summed E-state index contributed by atoms with van der Waals surface area (Å²) in [6.07, 6.45) is 0. The summed E-state index contributed by atoms with van der Waals surface area (Å²) in [6, 6.07) is 23.6. The molecule has 4 nitrogen and oxygen atoms in total. The fourth-order valence-electron chi connectivity index (χ4n) is 3.61. The molecule has 31 heavy (non-hydrogen) atoms. The second-order valence-electron chi connectivity index (χ2n) is 7.79. The molecular weight excluding hydrogens is 404 g/mol. The number of nitrogens with one attached hydrogen (secondary N) is 1. The summed E-state index contributed by atoms with van der Waals surface area (Å²) in [5, 5.41) is 3.05. The van der Waals surface area contributed by atoms with Crippen LogP contribution in [0.2, 0.25) is 0 Å². The number of carbonyl (C=O) groups is 1. The SMILES string of the molecule is Cc1cc(CN2CCSCC2)ccc1NC(=O)c1ccc(COc2ccccc2)cc1. The number of nitrogens with zero attached hydrogens (tertiary/aromatic N) is 1. The van der Waals surface area contributed by atoms with E-state index in [1.54, 1.807) is 0 Å². The summed E-state index contributed by atoms with van der Waals surface area (Å²) in [5.41, 5.74) is 4.91. The zero-order valence-corrected chi connectivity index (χ0v) is 18.7. The molecule has 1 N–H and O–H groups in total. The highest BCUT2D eigenvalue weighted by Crippen LogP contribution is 2.20. The van der Waals surface area contributed by atoms with Gasteiger partial charge >= 0.3 is 0 Å². The van der Waals surface area contributed by atoms with Crippen LogP contribution >= 0.6 is 11.8 Å². The highest BCUT2D eigenvalue weighted by Gasteiger charge is 2.12. The maximum Gasteiger partial charge on any atom is 0.255 e. The Hall–Kier alpha value is -2.76. The summed E-state index contributed by atoms with van der Waals surface area (Å²) in [6.45, 7) is 5.79. The van der Waals surface area contributed by atoms with E-state index in [9.17, 15) is 4.79 Å². The van der Waals surface area contributed by atoms with Gasteiger partial charge in [-0.05, 0) is 53.9 Å². The van der Waals surface area contributed by atoms with Gasteiger partial charge in [-0.3, -0.25) is 9.69 Å². The molecule has 0 unspecified atom stereocenters. The number of para-hydroxylation sites is 1. The van der Waals surface area contributed by atoms with Gasteiger partial charge in [-0.25, -0.2) is 0 Å². The maximum absolute atomic E-state index is 12.7. The van der Waals surface area contributed by atoms with E-state index in [1.807, 2.05) is 72.4 Å². The van der Waals surface area contributed by atoms with E-state index in [4.69, 9.17) is 4.74 Å². The second-order valence-corrected chi connectivity index (χ2v) is 9.02. The molecule has 0 atom stereocenters. The minimum atomic E-state index is -0.0977. The Morgan fingerprint density at radius 1 is 0.968 bits per heavy atom. The lowest BCUT2D eigenvalue weighted by molar-refractivity contribution is 0.102. The van der Waals surface area contributed by atoms with Gasteiger partial charge in [0.05, 0.1) is 0 Å². The number of aryl methyl sites for hydroxylation is 1. The third-order valence-electron chi connectivity index (χ3n) is 5.41.